The van der Waals surface area contributed by atoms with Gasteiger partial charge in [0.15, 0.2) is 11.6 Å². The minimum Gasteiger partial charge on any atom is -0.491 e. The molecule has 174 valence electrons. The van der Waals surface area contributed by atoms with Crippen molar-refractivity contribution in [2.45, 2.75) is 13.5 Å². The maximum absolute atomic E-state index is 6.08. The summed E-state index contributed by atoms with van der Waals surface area (Å²) in [5.74, 6) is 2.91. The van der Waals surface area contributed by atoms with E-state index in [0.717, 1.165) is 50.8 Å². The van der Waals surface area contributed by atoms with Crippen LogP contribution in [0, 0.1) is 6.92 Å². The van der Waals surface area contributed by atoms with Crippen molar-refractivity contribution in [3.63, 3.8) is 0 Å². The number of nitrogens with zero attached hydrogens (tertiary/aromatic N) is 5. The van der Waals surface area contributed by atoms with E-state index in [2.05, 4.69) is 47.3 Å². The van der Waals surface area contributed by atoms with Crippen LogP contribution in [0.3, 0.4) is 0 Å². The fourth-order valence-corrected chi connectivity index (χ4v) is 4.38. The summed E-state index contributed by atoms with van der Waals surface area (Å²) in [6, 6.07) is 18.2. The SMILES string of the molecule is Cc1c(Nc2ccccc2)ncnc1N1CCOc2ccc(-c3cnc4nc(N)[nH]c4c3)cc2C1. The highest BCUT2D eigenvalue weighted by Crippen LogP contribution is 2.33. The second kappa shape index (κ2) is 8.60. The Balaban J connectivity index is 1.31. The molecule has 35 heavy (non-hydrogen) atoms. The zero-order chi connectivity index (χ0) is 23.8. The van der Waals surface area contributed by atoms with Crippen molar-refractivity contribution in [2.24, 2.45) is 0 Å². The molecule has 9 nitrogen and oxygen atoms in total. The van der Waals surface area contributed by atoms with Crippen LogP contribution in [0.25, 0.3) is 22.3 Å². The molecule has 3 aromatic heterocycles. The average Bonchev–Trinajstić information content (AvgIpc) is 3.12. The molecule has 0 atom stereocenters. The molecular formula is C26H24N8O. The van der Waals surface area contributed by atoms with E-state index in [4.69, 9.17) is 10.5 Å². The number of rotatable bonds is 4. The summed E-state index contributed by atoms with van der Waals surface area (Å²) in [5.41, 5.74) is 12.3. The Morgan fingerprint density at radius 2 is 1.91 bits per heavy atom. The predicted molar refractivity (Wildman–Crippen MR) is 137 cm³/mol. The minimum absolute atomic E-state index is 0.358. The summed E-state index contributed by atoms with van der Waals surface area (Å²) in [6.45, 7) is 3.99. The van der Waals surface area contributed by atoms with Crippen LogP contribution in [-0.2, 0) is 6.54 Å². The van der Waals surface area contributed by atoms with Gasteiger partial charge in [0.2, 0.25) is 0 Å². The molecule has 6 rings (SSSR count). The van der Waals surface area contributed by atoms with Crippen LogP contribution in [0.15, 0.2) is 67.1 Å². The van der Waals surface area contributed by atoms with E-state index in [1.165, 1.54) is 0 Å². The first-order chi connectivity index (χ1) is 17.1. The fourth-order valence-electron chi connectivity index (χ4n) is 4.38. The van der Waals surface area contributed by atoms with Gasteiger partial charge < -0.3 is 25.7 Å². The number of aromatic nitrogens is 5. The molecule has 0 spiro atoms. The molecule has 0 unspecified atom stereocenters. The van der Waals surface area contributed by atoms with Crippen molar-refractivity contribution in [3.8, 4) is 16.9 Å². The number of para-hydroxylation sites is 1. The first-order valence-corrected chi connectivity index (χ1v) is 11.4. The number of ether oxygens (including phenoxy) is 1. The summed E-state index contributed by atoms with van der Waals surface area (Å²) < 4.78 is 6.08. The van der Waals surface area contributed by atoms with E-state index in [1.807, 2.05) is 55.6 Å². The second-order valence-corrected chi connectivity index (χ2v) is 8.47. The lowest BCUT2D eigenvalue weighted by Crippen LogP contribution is -2.27. The molecule has 0 amide bonds. The molecule has 5 aromatic rings. The van der Waals surface area contributed by atoms with Crippen LogP contribution in [0.1, 0.15) is 11.1 Å². The van der Waals surface area contributed by atoms with Crippen LogP contribution in [0.2, 0.25) is 0 Å². The summed E-state index contributed by atoms with van der Waals surface area (Å²) >= 11 is 0. The number of imidazole rings is 1. The number of nitrogen functional groups attached to an aromatic ring is 1. The largest absolute Gasteiger partial charge is 0.491 e. The average molecular weight is 465 g/mol. The van der Waals surface area contributed by atoms with E-state index in [9.17, 15) is 0 Å². The Labute approximate surface area is 202 Å². The Morgan fingerprint density at radius 1 is 1.03 bits per heavy atom. The Morgan fingerprint density at radius 3 is 2.80 bits per heavy atom. The third kappa shape index (κ3) is 4.08. The molecule has 0 saturated carbocycles. The normalized spacial score (nSPS) is 13.2. The highest BCUT2D eigenvalue weighted by Gasteiger charge is 2.20. The Hall–Kier alpha value is -4.66. The van der Waals surface area contributed by atoms with E-state index in [1.54, 1.807) is 6.33 Å². The van der Waals surface area contributed by atoms with Gasteiger partial charge in [0.25, 0.3) is 0 Å². The molecule has 0 saturated heterocycles. The number of fused-ring (bicyclic) bond motifs is 2. The van der Waals surface area contributed by atoms with E-state index < -0.39 is 0 Å². The number of hydrogen-bond acceptors (Lipinski definition) is 8. The highest BCUT2D eigenvalue weighted by atomic mass is 16.5. The van der Waals surface area contributed by atoms with Crippen molar-refractivity contribution < 1.29 is 4.74 Å². The zero-order valence-corrected chi connectivity index (χ0v) is 19.2. The van der Waals surface area contributed by atoms with Crippen molar-refractivity contribution in [1.82, 2.24) is 24.9 Å². The first-order valence-electron chi connectivity index (χ1n) is 11.4. The Kier molecular flexibility index (Phi) is 5.14. The number of anilines is 4. The molecular weight excluding hydrogens is 440 g/mol. The number of H-pyrrole nitrogens is 1. The van der Waals surface area contributed by atoms with Crippen molar-refractivity contribution >= 4 is 34.4 Å². The number of aromatic amines is 1. The maximum Gasteiger partial charge on any atom is 0.200 e. The lowest BCUT2D eigenvalue weighted by Gasteiger charge is -2.24. The van der Waals surface area contributed by atoms with Gasteiger partial charge in [0.05, 0.1) is 12.1 Å². The van der Waals surface area contributed by atoms with Gasteiger partial charge in [-0.05, 0) is 42.8 Å². The molecule has 1 aliphatic heterocycles. The zero-order valence-electron chi connectivity index (χ0n) is 19.2. The monoisotopic (exact) mass is 464 g/mol. The van der Waals surface area contributed by atoms with Gasteiger partial charge in [-0.2, -0.15) is 4.98 Å². The van der Waals surface area contributed by atoms with Gasteiger partial charge in [-0.3, -0.25) is 0 Å². The fraction of sp³-hybridized carbons (Fsp3) is 0.154. The molecule has 2 aromatic carbocycles. The topological polar surface area (TPSA) is 118 Å². The van der Waals surface area contributed by atoms with Crippen LogP contribution < -0.4 is 20.7 Å². The van der Waals surface area contributed by atoms with Gasteiger partial charge in [0.1, 0.15) is 30.3 Å². The van der Waals surface area contributed by atoms with E-state index in [-0.39, 0.29) is 0 Å². The number of benzene rings is 2. The molecule has 0 radical (unpaired) electrons. The molecule has 1 aliphatic rings. The van der Waals surface area contributed by atoms with Crippen LogP contribution in [-0.4, -0.2) is 38.1 Å². The molecule has 0 bridgehead atoms. The predicted octanol–water partition coefficient (Wildman–Crippen LogP) is 4.45. The molecule has 9 heteroatoms. The number of hydrogen-bond donors (Lipinski definition) is 3. The van der Waals surface area contributed by atoms with Crippen LogP contribution >= 0.6 is 0 Å². The number of pyridine rings is 1. The van der Waals surface area contributed by atoms with Gasteiger partial charge in [0, 0.05) is 35.1 Å². The summed E-state index contributed by atoms with van der Waals surface area (Å²) in [4.78, 5) is 23.0. The summed E-state index contributed by atoms with van der Waals surface area (Å²) in [5, 5.41) is 3.40. The van der Waals surface area contributed by atoms with Gasteiger partial charge >= 0.3 is 0 Å². The van der Waals surface area contributed by atoms with Crippen molar-refractivity contribution in [2.75, 3.05) is 29.1 Å². The third-order valence-electron chi connectivity index (χ3n) is 6.12. The van der Waals surface area contributed by atoms with Gasteiger partial charge in [-0.25, -0.2) is 15.0 Å². The quantitative estimate of drug-likeness (QED) is 0.357. The summed E-state index contributed by atoms with van der Waals surface area (Å²) in [6.07, 6.45) is 3.42. The molecule has 4 N–H and O–H groups in total. The third-order valence-corrected chi connectivity index (χ3v) is 6.12. The van der Waals surface area contributed by atoms with Gasteiger partial charge in [-0.1, -0.05) is 24.3 Å². The number of nitrogens with two attached hydrogens (primary N) is 1. The molecule has 0 aliphatic carbocycles. The second-order valence-electron chi connectivity index (χ2n) is 8.47. The van der Waals surface area contributed by atoms with Crippen molar-refractivity contribution in [3.05, 3.63) is 78.2 Å². The van der Waals surface area contributed by atoms with E-state index in [0.29, 0.717) is 31.3 Å². The highest BCUT2D eigenvalue weighted by molar-refractivity contribution is 5.80. The minimum atomic E-state index is 0.358. The van der Waals surface area contributed by atoms with Crippen LogP contribution in [0.4, 0.5) is 23.3 Å². The van der Waals surface area contributed by atoms with Crippen LogP contribution in [0.5, 0.6) is 5.75 Å². The Bertz CT molecular complexity index is 1520. The first kappa shape index (κ1) is 20.9. The molecule has 4 heterocycles. The molecule has 0 fully saturated rings. The lowest BCUT2D eigenvalue weighted by atomic mass is 10.0. The standard InChI is InChI=1S/C26H24N8O/c1-16-23(31-20-5-3-2-4-6-20)29-15-30-25(16)34-9-10-35-22-8-7-17(11-19(22)14-34)18-12-21-24(28-13-18)33-26(27)32-21/h2-8,11-13,15H,9-10,14H2,1H3,(H,29,30,31)(H3,27,28,32,33). The van der Waals surface area contributed by atoms with Crippen molar-refractivity contribution in [1.29, 1.82) is 0 Å². The summed E-state index contributed by atoms with van der Waals surface area (Å²) in [7, 11) is 0. The van der Waals surface area contributed by atoms with Gasteiger partial charge in [-0.15, -0.1) is 0 Å². The maximum atomic E-state index is 6.08. The lowest BCUT2D eigenvalue weighted by molar-refractivity contribution is 0.331. The van der Waals surface area contributed by atoms with E-state index >= 15 is 0 Å². The number of nitrogens with one attached hydrogen (secondary N) is 2. The smallest absolute Gasteiger partial charge is 0.200 e.